The molecule has 2 aromatic rings. The summed E-state index contributed by atoms with van der Waals surface area (Å²) in [6, 6.07) is 3.11. The Labute approximate surface area is 131 Å². The molecule has 3 heterocycles. The number of sulfonamides is 1. The van der Waals surface area contributed by atoms with Crippen molar-refractivity contribution < 1.29 is 13.2 Å². The van der Waals surface area contributed by atoms with Crippen molar-refractivity contribution in [1.82, 2.24) is 14.3 Å². The molecule has 21 heavy (non-hydrogen) atoms. The molecule has 0 aromatic carbocycles. The molecule has 1 fully saturated rings. The lowest BCUT2D eigenvalue weighted by Crippen LogP contribution is -2.30. The van der Waals surface area contributed by atoms with Crippen LogP contribution in [0.15, 0.2) is 34.9 Å². The number of thiophene rings is 1. The third kappa shape index (κ3) is 3.18. The van der Waals surface area contributed by atoms with E-state index in [1.165, 1.54) is 22.8 Å². The van der Waals surface area contributed by atoms with E-state index in [9.17, 15) is 8.42 Å². The maximum Gasteiger partial charge on any atom is 0.252 e. The first kappa shape index (κ1) is 14.7. The van der Waals surface area contributed by atoms with Crippen molar-refractivity contribution in [1.29, 1.82) is 0 Å². The van der Waals surface area contributed by atoms with Gasteiger partial charge in [-0.3, -0.25) is 4.98 Å². The zero-order valence-electron chi connectivity index (χ0n) is 10.8. The number of hydrogen-bond donors (Lipinski definition) is 0. The first-order valence-electron chi connectivity index (χ1n) is 6.24. The van der Waals surface area contributed by atoms with Gasteiger partial charge in [-0.05, 0) is 18.6 Å². The number of aromatic nitrogens is 2. The van der Waals surface area contributed by atoms with E-state index in [1.807, 2.05) is 0 Å². The maximum atomic E-state index is 12.4. The van der Waals surface area contributed by atoms with E-state index in [4.69, 9.17) is 16.3 Å². The van der Waals surface area contributed by atoms with Gasteiger partial charge in [-0.1, -0.05) is 11.6 Å². The normalized spacial score (nSPS) is 19.8. The number of nitrogens with zero attached hydrogens (tertiary/aromatic N) is 3. The van der Waals surface area contributed by atoms with Crippen LogP contribution in [0.25, 0.3) is 0 Å². The molecule has 0 radical (unpaired) electrons. The summed E-state index contributed by atoms with van der Waals surface area (Å²) in [6.45, 7) is 0.719. The number of hydrogen-bond acceptors (Lipinski definition) is 6. The van der Waals surface area contributed by atoms with Crippen LogP contribution in [-0.2, 0) is 10.0 Å². The van der Waals surface area contributed by atoms with Crippen LogP contribution in [-0.4, -0.2) is 41.9 Å². The topological polar surface area (TPSA) is 72.4 Å². The minimum atomic E-state index is -3.49. The van der Waals surface area contributed by atoms with Crippen LogP contribution in [0.3, 0.4) is 0 Å². The summed E-state index contributed by atoms with van der Waals surface area (Å²) >= 11 is 6.86. The summed E-state index contributed by atoms with van der Waals surface area (Å²) in [5.74, 6) is 0.404. The van der Waals surface area contributed by atoms with E-state index in [0.29, 0.717) is 29.7 Å². The van der Waals surface area contributed by atoms with Crippen LogP contribution in [0.1, 0.15) is 6.42 Å². The van der Waals surface area contributed by atoms with Crippen LogP contribution >= 0.6 is 22.9 Å². The Kier molecular flexibility index (Phi) is 4.12. The number of rotatable bonds is 4. The van der Waals surface area contributed by atoms with Gasteiger partial charge in [0.25, 0.3) is 10.0 Å². The number of ether oxygens (including phenoxy) is 1. The molecule has 0 saturated carbocycles. The van der Waals surface area contributed by atoms with E-state index in [2.05, 4.69) is 9.97 Å². The fourth-order valence-electron chi connectivity index (χ4n) is 2.09. The fraction of sp³-hybridized carbons (Fsp3) is 0.333. The summed E-state index contributed by atoms with van der Waals surface area (Å²) in [5, 5.41) is 0. The molecule has 112 valence electrons. The molecule has 1 atom stereocenters. The Morgan fingerprint density at radius 2 is 2.24 bits per heavy atom. The monoisotopic (exact) mass is 345 g/mol. The predicted octanol–water partition coefficient (Wildman–Crippen LogP) is 2.03. The second kappa shape index (κ2) is 5.88. The fourth-order valence-corrected chi connectivity index (χ4v) is 5.22. The van der Waals surface area contributed by atoms with Gasteiger partial charge in [0.1, 0.15) is 10.3 Å². The van der Waals surface area contributed by atoms with Gasteiger partial charge in [-0.2, -0.15) is 4.31 Å². The molecule has 3 rings (SSSR count). The summed E-state index contributed by atoms with van der Waals surface area (Å²) < 4.78 is 32.6. The summed E-state index contributed by atoms with van der Waals surface area (Å²) in [7, 11) is -3.49. The third-order valence-electron chi connectivity index (χ3n) is 3.08. The van der Waals surface area contributed by atoms with Crippen LogP contribution in [0.4, 0.5) is 0 Å². The van der Waals surface area contributed by atoms with E-state index >= 15 is 0 Å². The van der Waals surface area contributed by atoms with Crippen molar-refractivity contribution >= 4 is 33.0 Å². The Bertz CT molecular complexity index is 720. The molecular weight excluding hydrogens is 334 g/mol. The predicted molar refractivity (Wildman–Crippen MR) is 79.2 cm³/mol. The molecule has 0 spiro atoms. The Morgan fingerprint density at radius 3 is 2.90 bits per heavy atom. The van der Waals surface area contributed by atoms with Gasteiger partial charge in [0.05, 0.1) is 17.1 Å². The van der Waals surface area contributed by atoms with Crippen molar-refractivity contribution in [3.8, 4) is 5.88 Å². The molecule has 1 aliphatic rings. The molecule has 9 heteroatoms. The van der Waals surface area contributed by atoms with Gasteiger partial charge in [-0.15, -0.1) is 11.3 Å². The van der Waals surface area contributed by atoms with Gasteiger partial charge >= 0.3 is 0 Å². The van der Waals surface area contributed by atoms with Gasteiger partial charge < -0.3 is 4.74 Å². The Balaban J connectivity index is 1.69. The lowest BCUT2D eigenvalue weighted by atomic mass is 10.3. The molecule has 0 amide bonds. The molecule has 2 aromatic heterocycles. The van der Waals surface area contributed by atoms with Crippen LogP contribution in [0.5, 0.6) is 5.88 Å². The summed E-state index contributed by atoms with van der Waals surface area (Å²) in [6.07, 6.45) is 5.00. The van der Waals surface area contributed by atoms with E-state index in [-0.39, 0.29) is 10.3 Å². The average Bonchev–Trinajstić information content (AvgIpc) is 3.10. The van der Waals surface area contributed by atoms with Crippen LogP contribution < -0.4 is 4.74 Å². The number of halogens is 1. The highest BCUT2D eigenvalue weighted by atomic mass is 35.5. The molecule has 1 aliphatic heterocycles. The second-order valence-electron chi connectivity index (χ2n) is 4.49. The maximum absolute atomic E-state index is 12.4. The van der Waals surface area contributed by atoms with Crippen molar-refractivity contribution in [2.75, 3.05) is 13.1 Å². The largest absolute Gasteiger partial charge is 0.472 e. The first-order valence-corrected chi connectivity index (χ1v) is 8.87. The zero-order chi connectivity index (χ0) is 14.9. The van der Waals surface area contributed by atoms with E-state index in [1.54, 1.807) is 12.3 Å². The van der Waals surface area contributed by atoms with Gasteiger partial charge in [0.2, 0.25) is 5.88 Å². The third-order valence-corrected chi connectivity index (χ3v) is 6.64. The van der Waals surface area contributed by atoms with Crippen LogP contribution in [0, 0.1) is 0 Å². The van der Waals surface area contributed by atoms with E-state index < -0.39 is 10.0 Å². The highest BCUT2D eigenvalue weighted by Crippen LogP contribution is 2.30. The molecule has 1 unspecified atom stereocenters. The van der Waals surface area contributed by atoms with Crippen molar-refractivity contribution in [3.05, 3.63) is 35.1 Å². The van der Waals surface area contributed by atoms with Gasteiger partial charge in [0.15, 0.2) is 0 Å². The summed E-state index contributed by atoms with van der Waals surface area (Å²) in [5.41, 5.74) is 0. The molecular formula is C12H12ClN3O3S2. The highest BCUT2D eigenvalue weighted by Gasteiger charge is 2.34. The Morgan fingerprint density at radius 1 is 1.38 bits per heavy atom. The molecule has 6 nitrogen and oxygen atoms in total. The molecule has 0 N–H and O–H groups in total. The van der Waals surface area contributed by atoms with Crippen molar-refractivity contribution in [2.45, 2.75) is 16.7 Å². The smallest absolute Gasteiger partial charge is 0.252 e. The quantitative estimate of drug-likeness (QED) is 0.847. The Hall–Kier alpha value is -1.22. The van der Waals surface area contributed by atoms with Gasteiger partial charge in [-0.25, -0.2) is 13.4 Å². The van der Waals surface area contributed by atoms with Gasteiger partial charge in [0, 0.05) is 18.9 Å². The molecule has 1 saturated heterocycles. The lowest BCUT2D eigenvalue weighted by molar-refractivity contribution is 0.206. The standard InChI is InChI=1S/C12H12ClN3O3S2/c13-10-1-2-12(20-10)21(17,18)16-6-3-9(8-16)19-11-7-14-4-5-15-11/h1-2,4-5,7,9H,3,6,8H2. The molecule has 0 aliphatic carbocycles. The zero-order valence-corrected chi connectivity index (χ0v) is 13.2. The van der Waals surface area contributed by atoms with Crippen LogP contribution in [0.2, 0.25) is 4.34 Å². The highest BCUT2D eigenvalue weighted by molar-refractivity contribution is 7.91. The first-order chi connectivity index (χ1) is 10.1. The SMILES string of the molecule is O=S(=O)(c1ccc(Cl)s1)N1CCC(Oc2cnccn2)C1. The van der Waals surface area contributed by atoms with E-state index in [0.717, 1.165) is 11.3 Å². The minimum Gasteiger partial charge on any atom is -0.472 e. The summed E-state index contributed by atoms with van der Waals surface area (Å²) in [4.78, 5) is 7.94. The average molecular weight is 346 g/mol. The minimum absolute atomic E-state index is 0.216. The lowest BCUT2D eigenvalue weighted by Gasteiger charge is -2.15. The molecule has 0 bridgehead atoms. The second-order valence-corrected chi connectivity index (χ2v) is 8.37. The van der Waals surface area contributed by atoms with Crippen molar-refractivity contribution in [2.24, 2.45) is 0 Å². The van der Waals surface area contributed by atoms with Crippen molar-refractivity contribution in [3.63, 3.8) is 0 Å².